The number of carbonyl (C=O) groups is 1. The Balaban J connectivity index is 2.50. The number of carboxylic acids is 1. The van der Waals surface area contributed by atoms with E-state index in [-0.39, 0.29) is 5.57 Å². The topological polar surface area (TPSA) is 61.1 Å². The first-order valence-electron chi connectivity index (χ1n) is 5.71. The number of nitrogens with zero attached hydrogens (tertiary/aromatic N) is 1. The van der Waals surface area contributed by atoms with Gasteiger partial charge in [0, 0.05) is 0 Å². The van der Waals surface area contributed by atoms with Crippen LogP contribution < -0.4 is 0 Å². The van der Waals surface area contributed by atoms with E-state index in [1.807, 2.05) is 36.4 Å². The number of rotatable bonds is 3. The van der Waals surface area contributed by atoms with Crippen LogP contribution in [0.25, 0.3) is 11.6 Å². The molecule has 0 amide bonds. The van der Waals surface area contributed by atoms with Crippen LogP contribution in [-0.2, 0) is 4.79 Å². The number of benzene rings is 2. The fraction of sp³-hybridized carbons (Fsp3) is 0. The standard InChI is InChI=1S/C16H11NO2/c17-11-13-7-4-8-14(9-13)15(16(18)19)10-12-5-2-1-3-6-12/h1-10H,(H,18,19)/b15-10-. The van der Waals surface area contributed by atoms with Gasteiger partial charge in [0.15, 0.2) is 0 Å². The van der Waals surface area contributed by atoms with Crippen LogP contribution in [0.4, 0.5) is 0 Å². The maximum Gasteiger partial charge on any atom is 0.336 e. The molecule has 0 bridgehead atoms. The average molecular weight is 249 g/mol. The third-order valence-electron chi connectivity index (χ3n) is 2.64. The molecule has 0 aliphatic carbocycles. The summed E-state index contributed by atoms with van der Waals surface area (Å²) in [5, 5.41) is 18.2. The second kappa shape index (κ2) is 5.65. The fourth-order valence-electron chi connectivity index (χ4n) is 1.74. The quantitative estimate of drug-likeness (QED) is 0.671. The van der Waals surface area contributed by atoms with E-state index in [0.717, 1.165) is 5.56 Å². The summed E-state index contributed by atoms with van der Waals surface area (Å²) in [5.41, 5.74) is 1.94. The van der Waals surface area contributed by atoms with Crippen LogP contribution in [0.15, 0.2) is 54.6 Å². The largest absolute Gasteiger partial charge is 0.478 e. The Hall–Kier alpha value is -2.86. The first-order valence-corrected chi connectivity index (χ1v) is 5.71. The van der Waals surface area contributed by atoms with E-state index in [1.54, 1.807) is 30.3 Å². The molecule has 0 aliphatic rings. The van der Waals surface area contributed by atoms with Crippen LogP contribution in [-0.4, -0.2) is 11.1 Å². The van der Waals surface area contributed by atoms with E-state index in [9.17, 15) is 9.90 Å². The summed E-state index contributed by atoms with van der Waals surface area (Å²) in [6.07, 6.45) is 1.60. The third-order valence-corrected chi connectivity index (χ3v) is 2.64. The molecule has 0 heterocycles. The third kappa shape index (κ3) is 3.08. The predicted octanol–water partition coefficient (Wildman–Crippen LogP) is 3.18. The molecule has 0 aromatic heterocycles. The lowest BCUT2D eigenvalue weighted by molar-refractivity contribution is -0.130. The van der Waals surface area contributed by atoms with Crippen molar-refractivity contribution in [1.82, 2.24) is 0 Å². The van der Waals surface area contributed by atoms with Crippen molar-refractivity contribution in [3.8, 4) is 6.07 Å². The van der Waals surface area contributed by atoms with Gasteiger partial charge in [0.2, 0.25) is 0 Å². The van der Waals surface area contributed by atoms with Crippen molar-refractivity contribution in [1.29, 1.82) is 5.26 Å². The van der Waals surface area contributed by atoms with Gasteiger partial charge in [0.1, 0.15) is 0 Å². The van der Waals surface area contributed by atoms with E-state index in [2.05, 4.69) is 0 Å². The highest BCUT2D eigenvalue weighted by Crippen LogP contribution is 2.19. The monoisotopic (exact) mass is 249 g/mol. The number of nitriles is 1. The molecule has 0 fully saturated rings. The van der Waals surface area contributed by atoms with Gasteiger partial charge in [0.25, 0.3) is 0 Å². The van der Waals surface area contributed by atoms with Crippen LogP contribution in [0.1, 0.15) is 16.7 Å². The van der Waals surface area contributed by atoms with Gasteiger partial charge >= 0.3 is 5.97 Å². The SMILES string of the molecule is N#Cc1cccc(/C(=C/c2ccccc2)C(=O)O)c1. The number of carboxylic acid groups (broad SMARTS) is 1. The van der Waals surface area contributed by atoms with Crippen molar-refractivity contribution in [2.45, 2.75) is 0 Å². The Morgan fingerprint density at radius 3 is 2.47 bits per heavy atom. The van der Waals surface area contributed by atoms with E-state index in [4.69, 9.17) is 5.26 Å². The zero-order valence-electron chi connectivity index (χ0n) is 10.1. The molecule has 2 aromatic carbocycles. The van der Waals surface area contributed by atoms with Gasteiger partial charge in [-0.05, 0) is 29.3 Å². The Morgan fingerprint density at radius 2 is 1.84 bits per heavy atom. The van der Waals surface area contributed by atoms with Crippen molar-refractivity contribution < 1.29 is 9.90 Å². The number of aliphatic carboxylic acids is 1. The summed E-state index contributed by atoms with van der Waals surface area (Å²) < 4.78 is 0. The summed E-state index contributed by atoms with van der Waals surface area (Å²) in [6.45, 7) is 0. The molecule has 0 radical (unpaired) electrons. The van der Waals surface area contributed by atoms with Gasteiger partial charge < -0.3 is 5.11 Å². The lowest BCUT2D eigenvalue weighted by Gasteiger charge is -2.03. The van der Waals surface area contributed by atoms with Gasteiger partial charge in [-0.1, -0.05) is 42.5 Å². The maximum atomic E-state index is 11.4. The first kappa shape index (κ1) is 12.6. The molecule has 3 heteroatoms. The molecule has 92 valence electrons. The van der Waals surface area contributed by atoms with Crippen molar-refractivity contribution in [3.05, 3.63) is 71.3 Å². The van der Waals surface area contributed by atoms with Crippen LogP contribution in [0.3, 0.4) is 0 Å². The summed E-state index contributed by atoms with van der Waals surface area (Å²) >= 11 is 0. The van der Waals surface area contributed by atoms with Crippen molar-refractivity contribution in [2.24, 2.45) is 0 Å². The van der Waals surface area contributed by atoms with Gasteiger partial charge in [-0.15, -0.1) is 0 Å². The highest BCUT2D eigenvalue weighted by atomic mass is 16.4. The van der Waals surface area contributed by atoms with Crippen LogP contribution >= 0.6 is 0 Å². The van der Waals surface area contributed by atoms with E-state index >= 15 is 0 Å². The molecular formula is C16H11NO2. The van der Waals surface area contributed by atoms with Crippen molar-refractivity contribution >= 4 is 17.6 Å². The number of hydrogen-bond donors (Lipinski definition) is 1. The molecule has 0 aliphatic heterocycles. The molecule has 2 rings (SSSR count). The summed E-state index contributed by atoms with van der Waals surface area (Å²) in [4.78, 5) is 11.4. The molecule has 2 aromatic rings. The average Bonchev–Trinajstić information content (AvgIpc) is 2.45. The Labute approximate surface area is 111 Å². The smallest absolute Gasteiger partial charge is 0.336 e. The van der Waals surface area contributed by atoms with Crippen molar-refractivity contribution in [3.63, 3.8) is 0 Å². The van der Waals surface area contributed by atoms with E-state index in [0.29, 0.717) is 11.1 Å². The molecule has 0 unspecified atom stereocenters. The summed E-state index contributed by atoms with van der Waals surface area (Å²) in [7, 11) is 0. The molecule has 3 nitrogen and oxygen atoms in total. The maximum absolute atomic E-state index is 11.4. The van der Waals surface area contributed by atoms with E-state index < -0.39 is 5.97 Å². The zero-order valence-corrected chi connectivity index (χ0v) is 10.1. The molecule has 0 spiro atoms. The second-order valence-electron chi connectivity index (χ2n) is 3.97. The number of hydrogen-bond acceptors (Lipinski definition) is 2. The van der Waals surface area contributed by atoms with Crippen LogP contribution in [0.5, 0.6) is 0 Å². The predicted molar refractivity (Wildman–Crippen MR) is 73.1 cm³/mol. The molecule has 19 heavy (non-hydrogen) atoms. The summed E-state index contributed by atoms with van der Waals surface area (Å²) in [5.74, 6) is -1.01. The van der Waals surface area contributed by atoms with Gasteiger partial charge in [-0.25, -0.2) is 4.79 Å². The van der Waals surface area contributed by atoms with Gasteiger partial charge in [0.05, 0.1) is 17.2 Å². The normalized spacial score (nSPS) is 10.8. The molecule has 0 saturated carbocycles. The molecular weight excluding hydrogens is 238 g/mol. The Bertz CT molecular complexity index is 667. The van der Waals surface area contributed by atoms with Gasteiger partial charge in [-0.3, -0.25) is 0 Å². The first-order chi connectivity index (χ1) is 9.20. The minimum Gasteiger partial charge on any atom is -0.478 e. The molecule has 1 N–H and O–H groups in total. The zero-order chi connectivity index (χ0) is 13.7. The highest BCUT2D eigenvalue weighted by Gasteiger charge is 2.10. The minimum atomic E-state index is -1.01. The highest BCUT2D eigenvalue weighted by molar-refractivity contribution is 6.20. The molecule has 0 atom stereocenters. The van der Waals surface area contributed by atoms with Gasteiger partial charge in [-0.2, -0.15) is 5.26 Å². The van der Waals surface area contributed by atoms with Crippen LogP contribution in [0.2, 0.25) is 0 Å². The lowest BCUT2D eigenvalue weighted by Crippen LogP contribution is -1.99. The minimum absolute atomic E-state index is 0.170. The Morgan fingerprint density at radius 1 is 1.11 bits per heavy atom. The van der Waals surface area contributed by atoms with E-state index in [1.165, 1.54) is 0 Å². The van der Waals surface area contributed by atoms with Crippen molar-refractivity contribution in [2.75, 3.05) is 0 Å². The van der Waals surface area contributed by atoms with Crippen LogP contribution in [0, 0.1) is 11.3 Å². The molecule has 0 saturated heterocycles. The second-order valence-corrected chi connectivity index (χ2v) is 3.97. The lowest BCUT2D eigenvalue weighted by atomic mass is 10.0. The Kier molecular flexibility index (Phi) is 3.75. The fourth-order valence-corrected chi connectivity index (χ4v) is 1.74. The summed E-state index contributed by atoms with van der Waals surface area (Å²) in [6, 6.07) is 17.8.